The van der Waals surface area contributed by atoms with Crippen molar-refractivity contribution < 1.29 is 18.6 Å². The van der Waals surface area contributed by atoms with Crippen LogP contribution in [0, 0.1) is 18.7 Å². The Morgan fingerprint density at radius 2 is 2.04 bits per heavy atom. The summed E-state index contributed by atoms with van der Waals surface area (Å²) in [5, 5.41) is 3.44. The molecule has 2 aliphatic heterocycles. The lowest BCUT2D eigenvalue weighted by molar-refractivity contribution is 0.173. The fraction of sp³-hybridized carbons (Fsp3) is 0.400. The molecule has 2 aromatic carbocycles. The second-order valence-electron chi connectivity index (χ2n) is 6.70. The van der Waals surface area contributed by atoms with E-state index in [1.807, 2.05) is 31.2 Å². The Labute approximate surface area is 146 Å². The molecule has 0 radical (unpaired) electrons. The fourth-order valence-electron chi connectivity index (χ4n) is 3.69. The quantitative estimate of drug-likeness (QED) is 0.920. The van der Waals surface area contributed by atoms with Gasteiger partial charge in [0.15, 0.2) is 11.5 Å². The van der Waals surface area contributed by atoms with Gasteiger partial charge in [0, 0.05) is 18.5 Å². The zero-order valence-corrected chi connectivity index (χ0v) is 14.3. The molecule has 1 saturated heterocycles. The van der Waals surface area contributed by atoms with E-state index in [4.69, 9.17) is 14.2 Å². The van der Waals surface area contributed by atoms with E-state index in [0.29, 0.717) is 18.4 Å². The molecule has 1 fully saturated rings. The van der Waals surface area contributed by atoms with E-state index in [9.17, 15) is 4.39 Å². The highest BCUT2D eigenvalue weighted by Crippen LogP contribution is 2.39. The highest BCUT2D eigenvalue weighted by molar-refractivity contribution is 5.52. The molecule has 0 aromatic heterocycles. The first-order valence-corrected chi connectivity index (χ1v) is 8.70. The van der Waals surface area contributed by atoms with Crippen molar-refractivity contribution in [2.75, 3.05) is 26.5 Å². The van der Waals surface area contributed by atoms with E-state index >= 15 is 0 Å². The number of fused-ring (bicyclic) bond motifs is 1. The summed E-state index contributed by atoms with van der Waals surface area (Å²) >= 11 is 0. The summed E-state index contributed by atoms with van der Waals surface area (Å²) in [6, 6.07) is 10.7. The van der Waals surface area contributed by atoms with Gasteiger partial charge in [0.05, 0.1) is 6.61 Å². The van der Waals surface area contributed by atoms with Gasteiger partial charge in [-0.05, 0) is 55.1 Å². The number of rotatable bonds is 4. The van der Waals surface area contributed by atoms with Gasteiger partial charge in [0.2, 0.25) is 6.79 Å². The van der Waals surface area contributed by atoms with Gasteiger partial charge in [0.25, 0.3) is 0 Å². The molecule has 25 heavy (non-hydrogen) atoms. The average Bonchev–Trinajstić information content (AvgIpc) is 3.10. The molecule has 0 aliphatic carbocycles. The largest absolute Gasteiger partial charge is 0.493 e. The van der Waals surface area contributed by atoms with Crippen LogP contribution in [0.4, 0.5) is 4.39 Å². The van der Waals surface area contributed by atoms with Gasteiger partial charge in [0.1, 0.15) is 11.6 Å². The normalized spacial score (nSPS) is 22.0. The predicted octanol–water partition coefficient (Wildman–Crippen LogP) is 3.63. The van der Waals surface area contributed by atoms with Crippen LogP contribution in [0.25, 0.3) is 0 Å². The molecule has 0 spiro atoms. The summed E-state index contributed by atoms with van der Waals surface area (Å²) < 4.78 is 30.2. The summed E-state index contributed by atoms with van der Waals surface area (Å²) in [6.45, 7) is 4.73. The van der Waals surface area contributed by atoms with Crippen molar-refractivity contribution in [3.05, 3.63) is 53.3 Å². The van der Waals surface area contributed by atoms with Crippen molar-refractivity contribution in [3.63, 3.8) is 0 Å². The van der Waals surface area contributed by atoms with Crippen LogP contribution in [0.2, 0.25) is 0 Å². The van der Waals surface area contributed by atoms with Gasteiger partial charge < -0.3 is 19.5 Å². The minimum atomic E-state index is -0.193. The third-order valence-electron chi connectivity index (χ3n) is 5.00. The molecular weight excluding hydrogens is 321 g/mol. The first-order valence-electron chi connectivity index (χ1n) is 8.70. The number of nitrogens with one attached hydrogen (secondary N) is 1. The third kappa shape index (κ3) is 3.42. The maximum absolute atomic E-state index is 13.2. The highest BCUT2D eigenvalue weighted by atomic mass is 19.1. The SMILES string of the molecule is Cc1cc(OC[C@H]2CNCC[C@@H]2c2ccc(F)cc2)cc2c1OCO2. The van der Waals surface area contributed by atoms with Gasteiger partial charge in [-0.1, -0.05) is 12.1 Å². The molecule has 1 N–H and O–H groups in total. The molecule has 2 aromatic rings. The Kier molecular flexibility index (Phi) is 4.49. The number of halogens is 1. The van der Waals surface area contributed by atoms with Crippen molar-refractivity contribution in [2.45, 2.75) is 19.3 Å². The number of hydrogen-bond donors (Lipinski definition) is 1. The van der Waals surface area contributed by atoms with E-state index in [-0.39, 0.29) is 12.6 Å². The smallest absolute Gasteiger partial charge is 0.231 e. The van der Waals surface area contributed by atoms with Crippen LogP contribution in [0.15, 0.2) is 36.4 Å². The van der Waals surface area contributed by atoms with Crippen LogP contribution in [0.1, 0.15) is 23.5 Å². The lowest BCUT2D eigenvalue weighted by Gasteiger charge is -2.32. The molecule has 0 saturated carbocycles. The van der Waals surface area contributed by atoms with E-state index in [1.165, 1.54) is 17.7 Å². The van der Waals surface area contributed by atoms with Gasteiger partial charge in [-0.25, -0.2) is 4.39 Å². The molecule has 4 rings (SSSR count). The lowest BCUT2D eigenvalue weighted by atomic mass is 9.81. The molecule has 132 valence electrons. The van der Waals surface area contributed by atoms with Crippen molar-refractivity contribution in [1.82, 2.24) is 5.32 Å². The third-order valence-corrected chi connectivity index (χ3v) is 5.00. The highest BCUT2D eigenvalue weighted by Gasteiger charge is 2.27. The summed E-state index contributed by atoms with van der Waals surface area (Å²) in [6.07, 6.45) is 1.03. The van der Waals surface area contributed by atoms with Crippen LogP contribution in [-0.4, -0.2) is 26.5 Å². The lowest BCUT2D eigenvalue weighted by Crippen LogP contribution is -2.38. The number of piperidine rings is 1. The van der Waals surface area contributed by atoms with Gasteiger partial charge in [-0.2, -0.15) is 0 Å². The molecule has 0 unspecified atom stereocenters. The monoisotopic (exact) mass is 343 g/mol. The standard InChI is InChI=1S/C20H22FNO3/c1-13-8-17(9-19-20(13)25-12-24-19)23-11-15-10-22-7-6-18(15)14-2-4-16(21)5-3-14/h2-5,8-9,15,18,22H,6-7,10-12H2,1H3/t15-,18-/m1/s1. The molecule has 0 bridgehead atoms. The van der Waals surface area contributed by atoms with E-state index in [1.54, 1.807) is 0 Å². The van der Waals surface area contributed by atoms with Crippen LogP contribution >= 0.6 is 0 Å². The topological polar surface area (TPSA) is 39.7 Å². The van der Waals surface area contributed by atoms with E-state index in [0.717, 1.165) is 42.3 Å². The van der Waals surface area contributed by atoms with Crippen LogP contribution < -0.4 is 19.5 Å². The summed E-state index contributed by atoms with van der Waals surface area (Å²) in [4.78, 5) is 0. The molecule has 0 amide bonds. The zero-order chi connectivity index (χ0) is 17.2. The second kappa shape index (κ2) is 6.92. The average molecular weight is 343 g/mol. The minimum Gasteiger partial charge on any atom is -0.493 e. The summed E-state index contributed by atoms with van der Waals surface area (Å²) in [5.74, 6) is 2.86. The Morgan fingerprint density at radius 3 is 2.88 bits per heavy atom. The molecule has 4 nitrogen and oxygen atoms in total. The van der Waals surface area contributed by atoms with Crippen LogP contribution in [0.5, 0.6) is 17.2 Å². The fourth-order valence-corrected chi connectivity index (χ4v) is 3.69. The number of hydrogen-bond acceptors (Lipinski definition) is 4. The van der Waals surface area contributed by atoms with E-state index < -0.39 is 0 Å². The van der Waals surface area contributed by atoms with Crippen molar-refractivity contribution in [2.24, 2.45) is 5.92 Å². The van der Waals surface area contributed by atoms with Crippen LogP contribution in [0.3, 0.4) is 0 Å². The van der Waals surface area contributed by atoms with Crippen LogP contribution in [-0.2, 0) is 0 Å². The first-order chi connectivity index (χ1) is 12.2. The number of benzene rings is 2. The second-order valence-corrected chi connectivity index (χ2v) is 6.70. The van der Waals surface area contributed by atoms with Gasteiger partial charge in [-0.3, -0.25) is 0 Å². The Bertz CT molecular complexity index is 747. The summed E-state index contributed by atoms with van der Waals surface area (Å²) in [7, 11) is 0. The van der Waals surface area contributed by atoms with Crippen molar-refractivity contribution in [3.8, 4) is 17.2 Å². The molecule has 5 heteroatoms. The molecular formula is C20H22FNO3. The summed E-state index contributed by atoms with van der Waals surface area (Å²) in [5.41, 5.74) is 2.19. The first kappa shape index (κ1) is 16.2. The number of aryl methyl sites for hydroxylation is 1. The molecule has 2 aliphatic rings. The Balaban J connectivity index is 1.47. The predicted molar refractivity (Wildman–Crippen MR) is 92.9 cm³/mol. The maximum atomic E-state index is 13.2. The van der Waals surface area contributed by atoms with Crippen molar-refractivity contribution in [1.29, 1.82) is 0 Å². The molecule has 2 heterocycles. The van der Waals surface area contributed by atoms with E-state index in [2.05, 4.69) is 5.32 Å². The Morgan fingerprint density at radius 1 is 1.20 bits per heavy atom. The van der Waals surface area contributed by atoms with Gasteiger partial charge in [-0.15, -0.1) is 0 Å². The zero-order valence-electron chi connectivity index (χ0n) is 14.3. The molecule has 2 atom stereocenters. The minimum absolute atomic E-state index is 0.193. The van der Waals surface area contributed by atoms with Crippen molar-refractivity contribution >= 4 is 0 Å². The number of ether oxygens (including phenoxy) is 3. The maximum Gasteiger partial charge on any atom is 0.231 e. The van der Waals surface area contributed by atoms with Gasteiger partial charge >= 0.3 is 0 Å². The Hall–Kier alpha value is -2.27.